The molecule has 1 fully saturated rings. The maximum Gasteiger partial charge on any atom is 0.265 e. The second kappa shape index (κ2) is 9.32. The lowest BCUT2D eigenvalue weighted by atomic mass is 10.2. The quantitative estimate of drug-likeness (QED) is 0.359. The number of ether oxygens (including phenoxy) is 3. The number of para-hydroxylation sites is 1. The van der Waals surface area contributed by atoms with E-state index in [4.69, 9.17) is 38.0 Å². The van der Waals surface area contributed by atoms with Crippen LogP contribution in [0.2, 0.25) is 5.02 Å². The van der Waals surface area contributed by atoms with Gasteiger partial charge < -0.3 is 14.2 Å². The van der Waals surface area contributed by atoms with E-state index in [1.54, 1.807) is 38.4 Å². The lowest BCUT2D eigenvalue weighted by molar-refractivity contribution is -0.121. The first-order chi connectivity index (χ1) is 13.5. The molecule has 1 saturated heterocycles. The molecule has 146 valence electrons. The standard InChI is InChI=1S/C20H18ClNO4S2/c1-22-19(23)18(28-20(22)27)12-13-7-8-16(17(11-13)24-2)26-10-9-25-15-6-4-3-5-14(15)21/h3-8,11-12H,9-10H2,1-2H3. The average Bonchev–Trinajstić information content (AvgIpc) is 2.94. The highest BCUT2D eigenvalue weighted by Crippen LogP contribution is 2.34. The summed E-state index contributed by atoms with van der Waals surface area (Å²) in [6.45, 7) is 0.670. The molecule has 0 atom stereocenters. The molecule has 0 bridgehead atoms. The summed E-state index contributed by atoms with van der Waals surface area (Å²) in [5, 5.41) is 0.557. The number of rotatable bonds is 7. The number of hydrogen-bond acceptors (Lipinski definition) is 6. The third-order valence-corrected chi connectivity index (χ3v) is 5.70. The zero-order chi connectivity index (χ0) is 20.1. The smallest absolute Gasteiger partial charge is 0.265 e. The summed E-state index contributed by atoms with van der Waals surface area (Å²) in [6, 6.07) is 12.7. The van der Waals surface area contributed by atoms with Crippen molar-refractivity contribution in [2.24, 2.45) is 0 Å². The molecule has 8 heteroatoms. The second-order valence-electron chi connectivity index (χ2n) is 5.78. The lowest BCUT2D eigenvalue weighted by Gasteiger charge is -2.12. The van der Waals surface area contributed by atoms with E-state index >= 15 is 0 Å². The third kappa shape index (κ3) is 4.79. The number of methoxy groups -OCH3 is 1. The van der Waals surface area contributed by atoms with Crippen LogP contribution in [0, 0.1) is 0 Å². The number of nitrogens with zero attached hydrogens (tertiary/aromatic N) is 1. The summed E-state index contributed by atoms with van der Waals surface area (Å²) < 4.78 is 17.3. The van der Waals surface area contributed by atoms with Gasteiger partial charge in [0, 0.05) is 7.05 Å². The number of halogens is 1. The van der Waals surface area contributed by atoms with E-state index < -0.39 is 0 Å². The SMILES string of the molecule is COc1cc(C=C2SC(=S)N(C)C2=O)ccc1OCCOc1ccccc1Cl. The maximum absolute atomic E-state index is 12.1. The Morgan fingerprint density at radius 2 is 1.82 bits per heavy atom. The normalized spacial score (nSPS) is 15.2. The lowest BCUT2D eigenvalue weighted by Crippen LogP contribution is -2.22. The van der Waals surface area contributed by atoms with Crippen LogP contribution in [-0.2, 0) is 4.79 Å². The molecule has 0 aromatic heterocycles. The van der Waals surface area contributed by atoms with Gasteiger partial charge in [0.05, 0.1) is 17.0 Å². The van der Waals surface area contributed by atoms with Crippen LogP contribution in [-0.4, -0.2) is 42.5 Å². The minimum absolute atomic E-state index is 0.106. The average molecular weight is 436 g/mol. The van der Waals surface area contributed by atoms with Crippen LogP contribution in [0.3, 0.4) is 0 Å². The predicted molar refractivity (Wildman–Crippen MR) is 116 cm³/mol. The van der Waals surface area contributed by atoms with E-state index in [0.717, 1.165) is 5.56 Å². The van der Waals surface area contributed by atoms with E-state index in [1.165, 1.54) is 16.7 Å². The van der Waals surface area contributed by atoms with Crippen LogP contribution in [0.15, 0.2) is 47.4 Å². The first-order valence-electron chi connectivity index (χ1n) is 8.39. The second-order valence-corrected chi connectivity index (χ2v) is 7.86. The van der Waals surface area contributed by atoms with Gasteiger partial charge in [-0.05, 0) is 35.9 Å². The monoisotopic (exact) mass is 435 g/mol. The van der Waals surface area contributed by atoms with Gasteiger partial charge >= 0.3 is 0 Å². The summed E-state index contributed by atoms with van der Waals surface area (Å²) >= 11 is 12.5. The molecule has 3 rings (SSSR count). The van der Waals surface area contributed by atoms with Crippen molar-refractivity contribution in [3.63, 3.8) is 0 Å². The van der Waals surface area contributed by atoms with E-state index in [2.05, 4.69) is 0 Å². The van der Waals surface area contributed by atoms with Crippen molar-refractivity contribution in [2.75, 3.05) is 27.4 Å². The number of carbonyl (C=O) groups excluding carboxylic acids is 1. The number of carbonyl (C=O) groups is 1. The molecule has 2 aromatic rings. The minimum Gasteiger partial charge on any atom is -0.493 e. The van der Waals surface area contributed by atoms with Crippen molar-refractivity contribution in [3.8, 4) is 17.2 Å². The van der Waals surface area contributed by atoms with Crippen LogP contribution >= 0.6 is 35.6 Å². The van der Waals surface area contributed by atoms with Crippen molar-refractivity contribution in [1.82, 2.24) is 4.90 Å². The molecule has 1 aliphatic rings. The van der Waals surface area contributed by atoms with Crippen molar-refractivity contribution < 1.29 is 19.0 Å². The van der Waals surface area contributed by atoms with Gasteiger partial charge in [-0.15, -0.1) is 0 Å². The van der Waals surface area contributed by atoms with Crippen LogP contribution in [0.4, 0.5) is 0 Å². The first-order valence-corrected chi connectivity index (χ1v) is 9.99. The maximum atomic E-state index is 12.1. The van der Waals surface area contributed by atoms with Crippen LogP contribution in [0.5, 0.6) is 17.2 Å². The van der Waals surface area contributed by atoms with Gasteiger partial charge in [0.15, 0.2) is 11.5 Å². The van der Waals surface area contributed by atoms with Gasteiger partial charge in [-0.1, -0.05) is 53.8 Å². The van der Waals surface area contributed by atoms with Gasteiger partial charge in [-0.25, -0.2) is 0 Å². The molecule has 2 aromatic carbocycles. The molecule has 0 saturated carbocycles. The fraction of sp³-hybridized carbons (Fsp3) is 0.200. The van der Waals surface area contributed by atoms with E-state index in [0.29, 0.717) is 44.7 Å². The summed E-state index contributed by atoms with van der Waals surface area (Å²) in [4.78, 5) is 14.2. The molecule has 0 aliphatic carbocycles. The molecule has 0 N–H and O–H groups in total. The van der Waals surface area contributed by atoms with E-state index in [9.17, 15) is 4.79 Å². The molecule has 28 heavy (non-hydrogen) atoms. The predicted octanol–water partition coefficient (Wildman–Crippen LogP) is 4.64. The Morgan fingerprint density at radius 3 is 2.46 bits per heavy atom. The molecule has 1 aliphatic heterocycles. The number of thioether (sulfide) groups is 1. The summed E-state index contributed by atoms with van der Waals surface area (Å²) in [7, 11) is 3.23. The fourth-order valence-electron chi connectivity index (χ4n) is 2.46. The van der Waals surface area contributed by atoms with Gasteiger partial charge in [0.25, 0.3) is 5.91 Å². The zero-order valence-electron chi connectivity index (χ0n) is 15.3. The Hall–Kier alpha value is -2.22. The molecular formula is C20H18ClNO4S2. The Kier molecular flexibility index (Phi) is 6.83. The number of amides is 1. The van der Waals surface area contributed by atoms with Crippen molar-refractivity contribution in [1.29, 1.82) is 0 Å². The number of hydrogen-bond donors (Lipinski definition) is 0. The Balaban J connectivity index is 1.63. The fourth-order valence-corrected chi connectivity index (χ4v) is 3.82. The Morgan fingerprint density at radius 1 is 1.11 bits per heavy atom. The summed E-state index contributed by atoms with van der Waals surface area (Å²) in [5.41, 5.74) is 0.825. The van der Waals surface area contributed by atoms with Gasteiger partial charge in [0.2, 0.25) is 0 Å². The van der Waals surface area contributed by atoms with Crippen LogP contribution in [0.1, 0.15) is 5.56 Å². The number of likely N-dealkylation sites (N-methyl/N-ethyl adjacent to an activating group) is 1. The van der Waals surface area contributed by atoms with Crippen molar-refractivity contribution in [3.05, 3.63) is 58.0 Å². The highest BCUT2D eigenvalue weighted by atomic mass is 35.5. The summed E-state index contributed by atoms with van der Waals surface area (Å²) in [6.07, 6.45) is 1.79. The van der Waals surface area contributed by atoms with Gasteiger partial charge in [0.1, 0.15) is 23.3 Å². The third-order valence-electron chi connectivity index (χ3n) is 3.91. The van der Waals surface area contributed by atoms with E-state index in [1.807, 2.05) is 24.3 Å². The zero-order valence-corrected chi connectivity index (χ0v) is 17.7. The highest BCUT2D eigenvalue weighted by molar-refractivity contribution is 8.26. The Labute approximate surface area is 178 Å². The van der Waals surface area contributed by atoms with Gasteiger partial charge in [-0.3, -0.25) is 9.69 Å². The molecule has 1 amide bonds. The minimum atomic E-state index is -0.106. The number of benzene rings is 2. The van der Waals surface area contributed by atoms with Crippen molar-refractivity contribution >= 4 is 51.9 Å². The van der Waals surface area contributed by atoms with Crippen LogP contribution in [0.25, 0.3) is 6.08 Å². The van der Waals surface area contributed by atoms with Gasteiger partial charge in [-0.2, -0.15) is 0 Å². The first kappa shape index (κ1) is 20.5. The number of thiocarbonyl (C=S) groups is 1. The molecule has 0 radical (unpaired) electrons. The molecule has 5 nitrogen and oxygen atoms in total. The van der Waals surface area contributed by atoms with Crippen molar-refractivity contribution in [2.45, 2.75) is 0 Å². The van der Waals surface area contributed by atoms with Crippen LogP contribution < -0.4 is 14.2 Å². The molecule has 0 spiro atoms. The van der Waals surface area contributed by atoms with E-state index in [-0.39, 0.29) is 5.91 Å². The summed E-state index contributed by atoms with van der Waals surface area (Å²) in [5.74, 6) is 1.67. The molecule has 1 heterocycles. The molecular weight excluding hydrogens is 418 g/mol. The Bertz CT molecular complexity index is 932. The molecule has 0 unspecified atom stereocenters. The highest BCUT2D eigenvalue weighted by Gasteiger charge is 2.28. The topological polar surface area (TPSA) is 48.0 Å². The largest absolute Gasteiger partial charge is 0.493 e.